The van der Waals surface area contributed by atoms with Crippen molar-refractivity contribution in [2.75, 3.05) is 26.2 Å². The molecule has 1 saturated heterocycles. The van der Waals surface area contributed by atoms with Crippen molar-refractivity contribution in [2.45, 2.75) is 13.0 Å². The van der Waals surface area contributed by atoms with Crippen LogP contribution in [0.2, 0.25) is 5.02 Å². The highest BCUT2D eigenvalue weighted by molar-refractivity contribution is 6.31. The van der Waals surface area contributed by atoms with Crippen LogP contribution in [0.15, 0.2) is 30.9 Å². The molecule has 1 aliphatic heterocycles. The Balaban J connectivity index is 0.00000162. The molecule has 5 heteroatoms. The molecule has 1 fully saturated rings. The van der Waals surface area contributed by atoms with Gasteiger partial charge in [-0.15, -0.1) is 31.4 Å². The Morgan fingerprint density at radius 1 is 1.32 bits per heavy atom. The van der Waals surface area contributed by atoms with Gasteiger partial charge in [0.1, 0.15) is 0 Å². The van der Waals surface area contributed by atoms with E-state index in [1.807, 2.05) is 18.2 Å². The van der Waals surface area contributed by atoms with Gasteiger partial charge < -0.3 is 5.32 Å². The Hall–Kier alpha value is -0.250. The molecule has 0 bridgehead atoms. The summed E-state index contributed by atoms with van der Waals surface area (Å²) in [5.74, 6) is 0. The zero-order valence-corrected chi connectivity index (χ0v) is 13.5. The van der Waals surface area contributed by atoms with Crippen LogP contribution in [-0.4, -0.2) is 31.1 Å². The molecule has 108 valence electrons. The minimum Gasteiger partial charge on any atom is -0.314 e. The first-order valence-electron chi connectivity index (χ1n) is 6.06. The van der Waals surface area contributed by atoms with Crippen molar-refractivity contribution in [3.05, 3.63) is 47.0 Å². The lowest BCUT2D eigenvalue weighted by Gasteiger charge is -2.34. The number of hydrogen-bond acceptors (Lipinski definition) is 2. The van der Waals surface area contributed by atoms with E-state index in [4.69, 9.17) is 11.6 Å². The molecule has 0 aliphatic carbocycles. The summed E-state index contributed by atoms with van der Waals surface area (Å²) in [6.45, 7) is 10.2. The van der Waals surface area contributed by atoms with Crippen molar-refractivity contribution in [1.29, 1.82) is 0 Å². The summed E-state index contributed by atoms with van der Waals surface area (Å²) in [4.78, 5) is 2.43. The first-order chi connectivity index (χ1) is 8.24. The second-order valence-electron chi connectivity index (χ2n) is 4.44. The number of rotatable bonds is 3. The van der Waals surface area contributed by atoms with Gasteiger partial charge in [-0.3, -0.25) is 4.90 Å². The Labute approximate surface area is 133 Å². The quantitative estimate of drug-likeness (QED) is 0.855. The Morgan fingerprint density at radius 2 is 1.95 bits per heavy atom. The molecule has 1 aliphatic rings. The molecule has 0 spiro atoms. The van der Waals surface area contributed by atoms with Crippen LogP contribution in [0.4, 0.5) is 0 Å². The van der Waals surface area contributed by atoms with E-state index in [1.54, 1.807) is 0 Å². The summed E-state index contributed by atoms with van der Waals surface area (Å²) in [6, 6.07) is 6.30. The Bertz CT molecular complexity index is 383. The van der Waals surface area contributed by atoms with E-state index in [2.05, 4.69) is 29.8 Å². The summed E-state index contributed by atoms with van der Waals surface area (Å²) >= 11 is 6.33. The molecule has 1 heterocycles. The molecule has 0 amide bonds. The van der Waals surface area contributed by atoms with Crippen molar-refractivity contribution in [1.82, 2.24) is 10.2 Å². The van der Waals surface area contributed by atoms with E-state index < -0.39 is 0 Å². The highest BCUT2D eigenvalue weighted by atomic mass is 35.5. The molecule has 2 nitrogen and oxygen atoms in total. The lowest BCUT2D eigenvalue weighted by molar-refractivity contribution is 0.203. The second kappa shape index (κ2) is 8.83. The average Bonchev–Trinajstić information content (AvgIpc) is 2.35. The third-order valence-corrected chi connectivity index (χ3v) is 3.66. The van der Waals surface area contributed by atoms with Crippen LogP contribution in [0.5, 0.6) is 0 Å². The van der Waals surface area contributed by atoms with Gasteiger partial charge in [-0.1, -0.05) is 29.8 Å². The number of benzene rings is 1. The van der Waals surface area contributed by atoms with E-state index in [-0.39, 0.29) is 30.9 Å². The average molecular weight is 324 g/mol. The number of halogens is 3. The number of piperazine rings is 1. The Kier molecular flexibility index (Phi) is 8.71. The molecule has 0 unspecified atom stereocenters. The van der Waals surface area contributed by atoms with Gasteiger partial charge in [-0.2, -0.15) is 0 Å². The van der Waals surface area contributed by atoms with Gasteiger partial charge in [0.15, 0.2) is 0 Å². The largest absolute Gasteiger partial charge is 0.314 e. The minimum absolute atomic E-state index is 0. The second-order valence-corrected chi connectivity index (χ2v) is 4.84. The predicted molar refractivity (Wildman–Crippen MR) is 88.1 cm³/mol. The van der Waals surface area contributed by atoms with Gasteiger partial charge in [0.25, 0.3) is 0 Å². The van der Waals surface area contributed by atoms with Crippen LogP contribution in [0.1, 0.15) is 17.2 Å². The van der Waals surface area contributed by atoms with Gasteiger partial charge in [0, 0.05) is 31.2 Å². The van der Waals surface area contributed by atoms with Crippen molar-refractivity contribution < 1.29 is 0 Å². The molecule has 1 aromatic rings. The minimum atomic E-state index is 0. The fourth-order valence-corrected chi connectivity index (χ4v) is 2.76. The molecular weight excluding hydrogens is 303 g/mol. The fraction of sp³-hybridized carbons (Fsp3) is 0.429. The Morgan fingerprint density at radius 3 is 2.47 bits per heavy atom. The van der Waals surface area contributed by atoms with Crippen molar-refractivity contribution in [3.8, 4) is 0 Å². The van der Waals surface area contributed by atoms with E-state index in [0.717, 1.165) is 31.2 Å². The third-order valence-electron chi connectivity index (χ3n) is 3.33. The summed E-state index contributed by atoms with van der Waals surface area (Å²) < 4.78 is 0. The molecule has 1 atom stereocenters. The van der Waals surface area contributed by atoms with E-state index in [0.29, 0.717) is 0 Å². The summed E-state index contributed by atoms with van der Waals surface area (Å²) in [5, 5.41) is 4.21. The molecule has 2 rings (SSSR count). The van der Waals surface area contributed by atoms with E-state index in [9.17, 15) is 0 Å². The molecule has 1 N–H and O–H groups in total. The molecular formula is C14H21Cl3N2. The van der Waals surface area contributed by atoms with Crippen LogP contribution in [0.3, 0.4) is 0 Å². The van der Waals surface area contributed by atoms with Gasteiger partial charge in [-0.05, 0) is 24.1 Å². The van der Waals surface area contributed by atoms with Crippen LogP contribution in [0.25, 0.3) is 0 Å². The zero-order valence-electron chi connectivity index (χ0n) is 11.1. The van der Waals surface area contributed by atoms with E-state index in [1.165, 1.54) is 11.1 Å². The molecule has 1 aromatic carbocycles. The first kappa shape index (κ1) is 18.8. The summed E-state index contributed by atoms with van der Waals surface area (Å²) in [5.41, 5.74) is 2.44. The summed E-state index contributed by atoms with van der Waals surface area (Å²) in [6.07, 6.45) is 2.00. The van der Waals surface area contributed by atoms with Crippen LogP contribution in [0, 0.1) is 6.92 Å². The monoisotopic (exact) mass is 322 g/mol. The van der Waals surface area contributed by atoms with Gasteiger partial charge in [0.05, 0.1) is 6.04 Å². The smallest absolute Gasteiger partial charge is 0.0547 e. The maximum atomic E-state index is 6.33. The lowest BCUT2D eigenvalue weighted by atomic mass is 9.99. The number of nitrogens with one attached hydrogen (secondary N) is 1. The van der Waals surface area contributed by atoms with Crippen molar-refractivity contribution in [3.63, 3.8) is 0 Å². The SMILES string of the molecule is C=C[C@@H](c1c(C)cccc1Cl)N1CCNCC1.Cl.Cl. The normalized spacial score (nSPS) is 16.9. The number of nitrogens with zero attached hydrogens (tertiary/aromatic N) is 1. The van der Waals surface area contributed by atoms with Crippen LogP contribution >= 0.6 is 36.4 Å². The fourth-order valence-electron chi connectivity index (χ4n) is 2.43. The topological polar surface area (TPSA) is 15.3 Å². The molecule has 0 aromatic heterocycles. The third kappa shape index (κ3) is 4.37. The highest BCUT2D eigenvalue weighted by Gasteiger charge is 2.22. The van der Waals surface area contributed by atoms with Crippen LogP contribution in [-0.2, 0) is 0 Å². The first-order valence-corrected chi connectivity index (χ1v) is 6.44. The zero-order chi connectivity index (χ0) is 12.3. The molecule has 0 radical (unpaired) electrons. The highest BCUT2D eigenvalue weighted by Crippen LogP contribution is 2.31. The molecule has 0 saturated carbocycles. The van der Waals surface area contributed by atoms with E-state index >= 15 is 0 Å². The maximum absolute atomic E-state index is 6.33. The van der Waals surface area contributed by atoms with Crippen molar-refractivity contribution >= 4 is 36.4 Å². The van der Waals surface area contributed by atoms with Gasteiger partial charge in [0.2, 0.25) is 0 Å². The predicted octanol–water partition coefficient (Wildman–Crippen LogP) is 3.62. The number of hydrogen-bond donors (Lipinski definition) is 1. The number of aryl methyl sites for hydroxylation is 1. The maximum Gasteiger partial charge on any atom is 0.0547 e. The standard InChI is InChI=1S/C14H19ClN2.2ClH/c1-3-13(17-9-7-16-8-10-17)14-11(2)5-4-6-12(14)15;;/h3-6,13,16H,1,7-10H2,2H3;2*1H/t13-;;/m0../s1. The lowest BCUT2D eigenvalue weighted by Crippen LogP contribution is -2.44. The van der Waals surface area contributed by atoms with Crippen LogP contribution < -0.4 is 5.32 Å². The van der Waals surface area contributed by atoms with Gasteiger partial charge in [-0.25, -0.2) is 0 Å². The molecule has 19 heavy (non-hydrogen) atoms. The summed E-state index contributed by atoms with van der Waals surface area (Å²) in [7, 11) is 0. The van der Waals surface area contributed by atoms with Gasteiger partial charge >= 0.3 is 0 Å². The van der Waals surface area contributed by atoms with Crippen molar-refractivity contribution in [2.24, 2.45) is 0 Å².